The van der Waals surface area contributed by atoms with Crippen LogP contribution in [-0.2, 0) is 16.0 Å². The highest BCUT2D eigenvalue weighted by molar-refractivity contribution is 5.95. The van der Waals surface area contributed by atoms with Crippen molar-refractivity contribution in [3.63, 3.8) is 0 Å². The molecule has 1 unspecified atom stereocenters. The molecule has 2 aliphatic carbocycles. The van der Waals surface area contributed by atoms with Gasteiger partial charge in [-0.3, -0.25) is 9.59 Å². The van der Waals surface area contributed by atoms with Crippen molar-refractivity contribution in [3.8, 4) is 0 Å². The van der Waals surface area contributed by atoms with Crippen LogP contribution in [0.4, 0.5) is 27.6 Å². The van der Waals surface area contributed by atoms with Crippen LogP contribution in [0, 0.1) is 23.1 Å². The van der Waals surface area contributed by atoms with Gasteiger partial charge in [-0.2, -0.15) is 13.2 Å². The molecule has 0 saturated heterocycles. The standard InChI is InChI=1S/C23H24F5NO3/c1-13(23(26,27)28)18(15-5-7-21(2,25)8-6-15)19(30)29-17-11-14(3-4-16(17)24)12-22(9-10-22)20(31)32/h3-7,11,13,18H,8-10,12H2,1-2H3,(H,29,30)(H,31,32)/t13-,18+,21?/m1/s1. The highest BCUT2D eigenvalue weighted by Gasteiger charge is 2.50. The number of rotatable bonds is 7. The van der Waals surface area contributed by atoms with Crippen LogP contribution in [0.15, 0.2) is 42.0 Å². The third-order valence-electron chi connectivity index (χ3n) is 6.16. The molecular weight excluding hydrogens is 433 g/mol. The molecular formula is C23H24F5NO3. The van der Waals surface area contributed by atoms with Gasteiger partial charge in [-0.05, 0) is 55.5 Å². The topological polar surface area (TPSA) is 66.4 Å². The van der Waals surface area contributed by atoms with Crippen molar-refractivity contribution in [2.24, 2.45) is 17.3 Å². The molecule has 9 heteroatoms. The van der Waals surface area contributed by atoms with Crippen molar-refractivity contribution >= 4 is 17.6 Å². The number of anilines is 1. The number of carboxylic acid groups (broad SMARTS) is 1. The zero-order valence-corrected chi connectivity index (χ0v) is 17.6. The van der Waals surface area contributed by atoms with E-state index < -0.39 is 46.8 Å². The third-order valence-corrected chi connectivity index (χ3v) is 6.16. The maximum atomic E-state index is 14.3. The van der Waals surface area contributed by atoms with Gasteiger partial charge in [-0.1, -0.05) is 25.1 Å². The Morgan fingerprint density at radius 1 is 1.25 bits per heavy atom. The molecule has 0 radical (unpaired) electrons. The second-order valence-corrected chi connectivity index (χ2v) is 8.89. The van der Waals surface area contributed by atoms with E-state index in [1.807, 2.05) is 0 Å². The van der Waals surface area contributed by atoms with Crippen molar-refractivity contribution in [1.29, 1.82) is 0 Å². The van der Waals surface area contributed by atoms with Crippen molar-refractivity contribution in [2.45, 2.75) is 51.4 Å². The van der Waals surface area contributed by atoms with Crippen LogP contribution in [0.5, 0.6) is 0 Å². The zero-order chi connectivity index (χ0) is 23.9. The van der Waals surface area contributed by atoms with Gasteiger partial charge in [0.05, 0.1) is 22.9 Å². The SMILES string of the molecule is C[C@H]([C@H](C(=O)Nc1cc(CC2(C(=O)O)CC2)ccc1F)C1=CCC(C)(F)C=C1)C(F)(F)F. The molecule has 3 rings (SSSR count). The Morgan fingerprint density at radius 2 is 1.91 bits per heavy atom. The van der Waals surface area contributed by atoms with Crippen LogP contribution in [-0.4, -0.2) is 28.8 Å². The predicted octanol–water partition coefficient (Wildman–Crippen LogP) is 5.60. The normalized spacial score (nSPS) is 23.8. The number of allylic oxidation sites excluding steroid dienone is 3. The number of nitrogens with one attached hydrogen (secondary N) is 1. The van der Waals surface area contributed by atoms with Crippen molar-refractivity contribution in [3.05, 3.63) is 53.4 Å². The number of hydrogen-bond donors (Lipinski definition) is 2. The highest BCUT2D eigenvalue weighted by atomic mass is 19.4. The Balaban J connectivity index is 1.86. The van der Waals surface area contributed by atoms with Crippen LogP contribution >= 0.6 is 0 Å². The smallest absolute Gasteiger partial charge is 0.392 e. The van der Waals surface area contributed by atoms with Gasteiger partial charge in [0.25, 0.3) is 0 Å². The van der Waals surface area contributed by atoms with Crippen LogP contribution in [0.2, 0.25) is 0 Å². The number of aliphatic carboxylic acids is 1. The van der Waals surface area contributed by atoms with E-state index in [0.717, 1.165) is 25.1 Å². The summed E-state index contributed by atoms with van der Waals surface area (Å²) in [7, 11) is 0. The lowest BCUT2D eigenvalue weighted by Crippen LogP contribution is -2.38. The summed E-state index contributed by atoms with van der Waals surface area (Å²) >= 11 is 0. The molecule has 2 aliphatic rings. The minimum Gasteiger partial charge on any atom is -0.481 e. The molecule has 174 valence electrons. The number of hydrogen-bond acceptors (Lipinski definition) is 2. The molecule has 1 aromatic rings. The van der Waals surface area contributed by atoms with E-state index in [-0.39, 0.29) is 24.1 Å². The van der Waals surface area contributed by atoms with Gasteiger partial charge in [0.1, 0.15) is 11.5 Å². The third kappa shape index (κ3) is 5.19. The molecule has 1 aromatic carbocycles. The minimum atomic E-state index is -4.71. The quantitative estimate of drug-likeness (QED) is 0.524. The fourth-order valence-electron chi connectivity index (χ4n) is 3.81. The molecule has 0 aromatic heterocycles. The van der Waals surface area contributed by atoms with Crippen LogP contribution in [0.1, 0.15) is 38.7 Å². The van der Waals surface area contributed by atoms with Gasteiger partial charge in [0.2, 0.25) is 5.91 Å². The predicted molar refractivity (Wildman–Crippen MR) is 108 cm³/mol. The molecule has 3 atom stereocenters. The van der Waals surface area contributed by atoms with E-state index in [4.69, 9.17) is 0 Å². The molecule has 1 saturated carbocycles. The molecule has 1 fully saturated rings. The number of benzene rings is 1. The van der Waals surface area contributed by atoms with Gasteiger partial charge in [-0.15, -0.1) is 0 Å². The summed E-state index contributed by atoms with van der Waals surface area (Å²) in [5.41, 5.74) is -2.53. The van der Waals surface area contributed by atoms with Gasteiger partial charge < -0.3 is 10.4 Å². The van der Waals surface area contributed by atoms with Crippen molar-refractivity contribution in [2.75, 3.05) is 5.32 Å². The van der Waals surface area contributed by atoms with Gasteiger partial charge in [-0.25, -0.2) is 8.78 Å². The largest absolute Gasteiger partial charge is 0.481 e. The minimum absolute atomic E-state index is 0.00169. The molecule has 4 nitrogen and oxygen atoms in total. The Bertz CT molecular complexity index is 976. The van der Waals surface area contributed by atoms with Crippen LogP contribution in [0.25, 0.3) is 0 Å². The zero-order valence-electron chi connectivity index (χ0n) is 17.6. The Kier molecular flexibility index (Phi) is 6.23. The number of halogens is 5. The fraction of sp³-hybridized carbons (Fsp3) is 0.478. The monoisotopic (exact) mass is 457 g/mol. The fourth-order valence-corrected chi connectivity index (χ4v) is 3.81. The van der Waals surface area contributed by atoms with Crippen molar-refractivity contribution in [1.82, 2.24) is 0 Å². The first kappa shape index (κ1) is 23.9. The molecule has 0 spiro atoms. The van der Waals surface area contributed by atoms with Gasteiger partial charge >= 0.3 is 12.1 Å². The lowest BCUT2D eigenvalue weighted by atomic mass is 9.81. The van der Waals surface area contributed by atoms with E-state index in [9.17, 15) is 36.6 Å². The maximum Gasteiger partial charge on any atom is 0.392 e. The van der Waals surface area contributed by atoms with E-state index in [1.165, 1.54) is 25.1 Å². The Hall–Kier alpha value is -2.71. The van der Waals surface area contributed by atoms with Crippen molar-refractivity contribution < 1.29 is 36.6 Å². The first-order valence-corrected chi connectivity index (χ1v) is 10.2. The number of amides is 1. The van der Waals surface area contributed by atoms with Gasteiger partial charge in [0.15, 0.2) is 0 Å². The van der Waals surface area contributed by atoms with E-state index in [2.05, 4.69) is 5.32 Å². The van der Waals surface area contributed by atoms with E-state index >= 15 is 0 Å². The average Bonchev–Trinajstić information content (AvgIpc) is 3.46. The van der Waals surface area contributed by atoms with Gasteiger partial charge in [0, 0.05) is 6.42 Å². The molecule has 0 aliphatic heterocycles. The molecule has 0 heterocycles. The summed E-state index contributed by atoms with van der Waals surface area (Å²) in [4.78, 5) is 24.3. The number of carboxylic acids is 1. The Labute approximate surface area is 182 Å². The lowest BCUT2D eigenvalue weighted by molar-refractivity contribution is -0.181. The average molecular weight is 457 g/mol. The highest BCUT2D eigenvalue weighted by Crippen LogP contribution is 2.49. The van der Waals surface area contributed by atoms with E-state index in [0.29, 0.717) is 18.4 Å². The summed E-state index contributed by atoms with van der Waals surface area (Å²) < 4.78 is 68.8. The molecule has 1 amide bonds. The van der Waals surface area contributed by atoms with Crippen LogP contribution < -0.4 is 5.32 Å². The molecule has 32 heavy (non-hydrogen) atoms. The second kappa shape index (κ2) is 8.33. The second-order valence-electron chi connectivity index (χ2n) is 8.89. The summed E-state index contributed by atoms with van der Waals surface area (Å²) in [6.07, 6.45) is -0.316. The summed E-state index contributed by atoms with van der Waals surface area (Å²) in [5.74, 6) is -6.72. The maximum absolute atomic E-state index is 14.3. The number of carbonyl (C=O) groups excluding carboxylic acids is 1. The summed E-state index contributed by atoms with van der Waals surface area (Å²) in [6.45, 7) is 2.11. The lowest BCUT2D eigenvalue weighted by Gasteiger charge is -2.29. The van der Waals surface area contributed by atoms with Crippen LogP contribution in [0.3, 0.4) is 0 Å². The van der Waals surface area contributed by atoms with E-state index in [1.54, 1.807) is 0 Å². The first-order valence-electron chi connectivity index (χ1n) is 10.2. The number of alkyl halides is 4. The Morgan fingerprint density at radius 3 is 2.41 bits per heavy atom. The molecule has 0 bridgehead atoms. The summed E-state index contributed by atoms with van der Waals surface area (Å²) in [6, 6.07) is 3.67. The number of carbonyl (C=O) groups is 2. The summed E-state index contributed by atoms with van der Waals surface area (Å²) in [5, 5.41) is 11.6. The molecule has 2 N–H and O–H groups in total. The first-order chi connectivity index (χ1) is 14.7.